The maximum Gasteiger partial charge on any atom is 0.264 e. The standard InChI is InChI=1S/C11H9BrN2O3/c12-6-1-4-9(13-5-6)14-10(15)7-2-3-8(17-7)11(14)16/h1,4-5,7-8H,2-3H2. The Kier molecular flexibility index (Phi) is 2.48. The van der Waals surface area contributed by atoms with Gasteiger partial charge in [0.2, 0.25) is 0 Å². The first kappa shape index (κ1) is 10.9. The summed E-state index contributed by atoms with van der Waals surface area (Å²) in [5.41, 5.74) is 0. The van der Waals surface area contributed by atoms with Gasteiger partial charge in [0.05, 0.1) is 0 Å². The molecule has 5 nitrogen and oxygen atoms in total. The molecule has 2 saturated heterocycles. The number of carbonyl (C=O) groups excluding carboxylic acids is 2. The highest BCUT2D eigenvalue weighted by molar-refractivity contribution is 9.10. The molecule has 6 heteroatoms. The first-order valence-electron chi connectivity index (χ1n) is 5.31. The molecule has 3 heterocycles. The third kappa shape index (κ3) is 1.68. The van der Waals surface area contributed by atoms with Gasteiger partial charge in [-0.15, -0.1) is 0 Å². The Morgan fingerprint density at radius 2 is 1.88 bits per heavy atom. The SMILES string of the molecule is O=C1C2CCC(O2)C(=O)N1c1ccc(Br)cn1. The molecule has 2 fully saturated rings. The topological polar surface area (TPSA) is 59.5 Å². The van der Waals surface area contributed by atoms with Crippen molar-refractivity contribution in [1.82, 2.24) is 4.98 Å². The number of rotatable bonds is 1. The number of fused-ring (bicyclic) bond motifs is 2. The van der Waals surface area contributed by atoms with Crippen LogP contribution >= 0.6 is 15.9 Å². The van der Waals surface area contributed by atoms with Gasteiger partial charge in [0.15, 0.2) is 0 Å². The molecule has 1 aromatic rings. The number of imide groups is 1. The Labute approximate surface area is 106 Å². The van der Waals surface area contributed by atoms with Crippen molar-refractivity contribution >= 4 is 33.6 Å². The summed E-state index contributed by atoms with van der Waals surface area (Å²) in [6, 6.07) is 3.39. The number of pyridine rings is 1. The van der Waals surface area contributed by atoms with Gasteiger partial charge in [0, 0.05) is 10.7 Å². The summed E-state index contributed by atoms with van der Waals surface area (Å²) >= 11 is 3.26. The van der Waals surface area contributed by atoms with Crippen LogP contribution in [-0.2, 0) is 14.3 Å². The van der Waals surface area contributed by atoms with Gasteiger partial charge < -0.3 is 4.74 Å². The fourth-order valence-electron chi connectivity index (χ4n) is 2.12. The van der Waals surface area contributed by atoms with Gasteiger partial charge in [-0.05, 0) is 40.9 Å². The van der Waals surface area contributed by atoms with E-state index in [1.165, 1.54) is 0 Å². The maximum absolute atomic E-state index is 12.0. The van der Waals surface area contributed by atoms with Crippen LogP contribution < -0.4 is 4.90 Å². The van der Waals surface area contributed by atoms with Crippen molar-refractivity contribution in [2.24, 2.45) is 0 Å². The zero-order valence-electron chi connectivity index (χ0n) is 8.80. The summed E-state index contributed by atoms with van der Waals surface area (Å²) in [6.07, 6.45) is 1.82. The van der Waals surface area contributed by atoms with E-state index < -0.39 is 12.2 Å². The largest absolute Gasteiger partial charge is 0.355 e. The summed E-state index contributed by atoms with van der Waals surface area (Å²) in [4.78, 5) is 29.2. The van der Waals surface area contributed by atoms with Crippen LogP contribution in [0.15, 0.2) is 22.8 Å². The molecule has 2 amide bonds. The first-order chi connectivity index (χ1) is 8.16. The minimum Gasteiger partial charge on any atom is -0.355 e. The highest BCUT2D eigenvalue weighted by Gasteiger charge is 2.47. The van der Waals surface area contributed by atoms with Crippen molar-refractivity contribution in [3.8, 4) is 0 Å². The van der Waals surface area contributed by atoms with E-state index in [1.807, 2.05) is 0 Å². The second kappa shape index (κ2) is 3.89. The smallest absolute Gasteiger partial charge is 0.264 e. The molecule has 1 aromatic heterocycles. The van der Waals surface area contributed by atoms with E-state index in [0.29, 0.717) is 18.7 Å². The van der Waals surface area contributed by atoms with Crippen LogP contribution in [0.4, 0.5) is 5.82 Å². The number of nitrogens with zero attached hydrogens (tertiary/aromatic N) is 2. The molecule has 0 aromatic carbocycles. The highest BCUT2D eigenvalue weighted by Crippen LogP contribution is 2.31. The van der Waals surface area contributed by atoms with E-state index in [9.17, 15) is 9.59 Å². The molecule has 2 unspecified atom stereocenters. The lowest BCUT2D eigenvalue weighted by Crippen LogP contribution is -2.52. The number of halogens is 1. The lowest BCUT2D eigenvalue weighted by Gasteiger charge is -2.28. The molecule has 17 heavy (non-hydrogen) atoms. The third-order valence-electron chi connectivity index (χ3n) is 2.95. The molecule has 2 aliphatic heterocycles. The number of aromatic nitrogens is 1. The molecule has 2 atom stereocenters. The number of ether oxygens (including phenoxy) is 1. The molecule has 2 bridgehead atoms. The number of hydrogen-bond donors (Lipinski definition) is 0. The Balaban J connectivity index is 1.99. The predicted molar refractivity (Wildman–Crippen MR) is 62.3 cm³/mol. The zero-order valence-corrected chi connectivity index (χ0v) is 10.4. The maximum atomic E-state index is 12.0. The Hall–Kier alpha value is -1.27. The van der Waals surface area contributed by atoms with E-state index in [0.717, 1.165) is 9.37 Å². The number of carbonyl (C=O) groups is 2. The average molecular weight is 297 g/mol. The summed E-state index contributed by atoms with van der Waals surface area (Å²) in [5.74, 6) is -0.249. The van der Waals surface area contributed by atoms with Crippen LogP contribution in [-0.4, -0.2) is 29.0 Å². The number of morpholine rings is 1. The van der Waals surface area contributed by atoms with Gasteiger partial charge in [-0.25, -0.2) is 9.88 Å². The third-order valence-corrected chi connectivity index (χ3v) is 3.42. The van der Waals surface area contributed by atoms with Crippen molar-refractivity contribution in [2.75, 3.05) is 4.90 Å². The lowest BCUT2D eigenvalue weighted by molar-refractivity contribution is -0.146. The molecule has 2 aliphatic rings. The van der Waals surface area contributed by atoms with Gasteiger partial charge >= 0.3 is 0 Å². The van der Waals surface area contributed by atoms with Gasteiger partial charge in [0.1, 0.15) is 18.0 Å². The Morgan fingerprint density at radius 3 is 2.41 bits per heavy atom. The van der Waals surface area contributed by atoms with Crippen LogP contribution in [0, 0.1) is 0 Å². The van der Waals surface area contributed by atoms with Gasteiger partial charge in [-0.2, -0.15) is 0 Å². The van der Waals surface area contributed by atoms with Crippen molar-refractivity contribution in [3.05, 3.63) is 22.8 Å². The van der Waals surface area contributed by atoms with Crippen molar-refractivity contribution < 1.29 is 14.3 Å². The van der Waals surface area contributed by atoms with Gasteiger partial charge in [-0.1, -0.05) is 0 Å². The van der Waals surface area contributed by atoms with Gasteiger partial charge in [0.25, 0.3) is 11.8 Å². The average Bonchev–Trinajstić information content (AvgIpc) is 2.76. The number of anilines is 1. The van der Waals surface area contributed by atoms with Crippen molar-refractivity contribution in [2.45, 2.75) is 25.0 Å². The second-order valence-electron chi connectivity index (χ2n) is 4.04. The van der Waals surface area contributed by atoms with Crippen LogP contribution in [0.3, 0.4) is 0 Å². The molecule has 0 radical (unpaired) electrons. The van der Waals surface area contributed by atoms with E-state index in [1.54, 1.807) is 18.3 Å². The summed E-state index contributed by atoms with van der Waals surface area (Å²) in [5, 5.41) is 0. The molecule has 0 aliphatic carbocycles. The number of amides is 2. The summed E-state index contributed by atoms with van der Waals surface area (Å²) in [6.45, 7) is 0. The quantitative estimate of drug-likeness (QED) is 0.732. The molecule has 0 spiro atoms. The van der Waals surface area contributed by atoms with E-state index in [-0.39, 0.29) is 11.8 Å². The van der Waals surface area contributed by atoms with Crippen molar-refractivity contribution in [1.29, 1.82) is 0 Å². The predicted octanol–water partition coefficient (Wildman–Crippen LogP) is 1.26. The summed E-state index contributed by atoms with van der Waals surface area (Å²) in [7, 11) is 0. The van der Waals surface area contributed by atoms with Crippen molar-refractivity contribution in [3.63, 3.8) is 0 Å². The Bertz CT molecular complexity index is 466. The monoisotopic (exact) mass is 296 g/mol. The highest BCUT2D eigenvalue weighted by atomic mass is 79.9. The van der Waals surface area contributed by atoms with Gasteiger partial charge in [-0.3, -0.25) is 9.59 Å². The lowest BCUT2D eigenvalue weighted by atomic mass is 10.2. The second-order valence-corrected chi connectivity index (χ2v) is 4.95. The fraction of sp³-hybridized carbons (Fsp3) is 0.364. The van der Waals surface area contributed by atoms with Crippen LogP contribution in [0.25, 0.3) is 0 Å². The minimum atomic E-state index is -0.483. The summed E-state index contributed by atoms with van der Waals surface area (Å²) < 4.78 is 6.12. The van der Waals surface area contributed by atoms with Crippen LogP contribution in [0.1, 0.15) is 12.8 Å². The molecular weight excluding hydrogens is 288 g/mol. The van der Waals surface area contributed by atoms with Crippen LogP contribution in [0.5, 0.6) is 0 Å². The fourth-order valence-corrected chi connectivity index (χ4v) is 2.36. The normalized spacial score (nSPS) is 27.7. The Morgan fingerprint density at radius 1 is 1.24 bits per heavy atom. The zero-order chi connectivity index (χ0) is 12.0. The van der Waals surface area contributed by atoms with Crippen LogP contribution in [0.2, 0.25) is 0 Å². The molecule has 3 rings (SSSR count). The van der Waals surface area contributed by atoms with E-state index in [2.05, 4.69) is 20.9 Å². The first-order valence-corrected chi connectivity index (χ1v) is 6.11. The molecule has 0 saturated carbocycles. The minimum absolute atomic E-state index is 0.307. The molecule has 88 valence electrons. The van der Waals surface area contributed by atoms with E-state index >= 15 is 0 Å². The number of hydrogen-bond acceptors (Lipinski definition) is 4. The van der Waals surface area contributed by atoms with E-state index in [4.69, 9.17) is 4.74 Å². The molecular formula is C11H9BrN2O3. The molecule has 0 N–H and O–H groups in total.